The van der Waals surface area contributed by atoms with Gasteiger partial charge < -0.3 is 5.32 Å². The molecule has 21 heavy (non-hydrogen) atoms. The number of nitrogens with zero attached hydrogens (tertiary/aromatic N) is 2. The molecule has 0 radical (unpaired) electrons. The van der Waals surface area contributed by atoms with Crippen LogP contribution in [0, 0.1) is 6.92 Å². The fourth-order valence-electron chi connectivity index (χ4n) is 1.94. The van der Waals surface area contributed by atoms with Crippen LogP contribution >= 0.6 is 0 Å². The molecule has 112 valence electrons. The Kier molecular flexibility index (Phi) is 4.57. The van der Waals surface area contributed by atoms with Crippen molar-refractivity contribution in [2.24, 2.45) is 0 Å². The molecule has 0 aliphatic heterocycles. The van der Waals surface area contributed by atoms with Gasteiger partial charge in [0.05, 0.1) is 11.3 Å². The molecule has 1 aromatic carbocycles. The molecule has 6 heteroatoms. The lowest BCUT2D eigenvalue weighted by atomic mass is 10.1. The van der Waals surface area contributed by atoms with Gasteiger partial charge in [-0.05, 0) is 31.7 Å². The Morgan fingerprint density at radius 2 is 1.90 bits per heavy atom. The van der Waals surface area contributed by atoms with Crippen LogP contribution in [0.25, 0.3) is 11.4 Å². The van der Waals surface area contributed by atoms with Crippen LogP contribution in [0.15, 0.2) is 30.3 Å². The molecule has 0 saturated carbocycles. The first-order valence-electron chi connectivity index (χ1n) is 6.63. The van der Waals surface area contributed by atoms with Gasteiger partial charge in [0.2, 0.25) is 0 Å². The topological polar surface area (TPSA) is 37.8 Å². The SMILES string of the molecule is CCNCc1cc(C)nc(-c2cccc(C(F)(F)F)c2)n1. The van der Waals surface area contributed by atoms with Gasteiger partial charge >= 0.3 is 6.18 Å². The molecule has 0 saturated heterocycles. The average molecular weight is 295 g/mol. The molecule has 0 aliphatic carbocycles. The summed E-state index contributed by atoms with van der Waals surface area (Å²) in [6.07, 6.45) is -4.37. The predicted molar refractivity (Wildman–Crippen MR) is 74.6 cm³/mol. The molecular formula is C15H16F3N3. The summed E-state index contributed by atoms with van der Waals surface area (Å²) in [5, 5.41) is 3.14. The second-order valence-corrected chi connectivity index (χ2v) is 4.68. The summed E-state index contributed by atoms with van der Waals surface area (Å²) < 4.78 is 38.3. The Labute approximate surface area is 121 Å². The van der Waals surface area contributed by atoms with Crippen molar-refractivity contribution in [3.63, 3.8) is 0 Å². The number of nitrogens with one attached hydrogen (secondary N) is 1. The summed E-state index contributed by atoms with van der Waals surface area (Å²) in [4.78, 5) is 8.55. The number of rotatable bonds is 4. The molecule has 3 nitrogen and oxygen atoms in total. The van der Waals surface area contributed by atoms with Crippen LogP contribution in [-0.4, -0.2) is 16.5 Å². The minimum Gasteiger partial charge on any atom is -0.311 e. The van der Waals surface area contributed by atoms with Gasteiger partial charge in [-0.15, -0.1) is 0 Å². The minimum atomic E-state index is -4.37. The molecule has 2 rings (SSSR count). The fourth-order valence-corrected chi connectivity index (χ4v) is 1.94. The van der Waals surface area contributed by atoms with Gasteiger partial charge in [0, 0.05) is 17.8 Å². The van der Waals surface area contributed by atoms with E-state index in [0.717, 1.165) is 30.1 Å². The molecule has 0 spiro atoms. The quantitative estimate of drug-likeness (QED) is 0.937. The molecule has 1 heterocycles. The van der Waals surface area contributed by atoms with E-state index in [1.54, 1.807) is 13.0 Å². The zero-order chi connectivity index (χ0) is 15.5. The lowest BCUT2D eigenvalue weighted by molar-refractivity contribution is -0.137. The molecular weight excluding hydrogens is 279 g/mol. The first-order valence-corrected chi connectivity index (χ1v) is 6.63. The number of hydrogen-bond acceptors (Lipinski definition) is 3. The normalized spacial score (nSPS) is 11.7. The third-order valence-electron chi connectivity index (χ3n) is 2.91. The van der Waals surface area contributed by atoms with Gasteiger partial charge in [-0.1, -0.05) is 19.1 Å². The van der Waals surface area contributed by atoms with Gasteiger partial charge in [0.1, 0.15) is 0 Å². The van der Waals surface area contributed by atoms with Crippen LogP contribution in [0.3, 0.4) is 0 Å². The Morgan fingerprint density at radius 3 is 2.57 bits per heavy atom. The molecule has 1 N–H and O–H groups in total. The summed E-state index contributed by atoms with van der Waals surface area (Å²) in [5.41, 5.74) is 1.16. The lowest BCUT2D eigenvalue weighted by Gasteiger charge is -2.10. The Hall–Kier alpha value is -1.95. The number of alkyl halides is 3. The van der Waals surface area contributed by atoms with E-state index in [1.165, 1.54) is 6.07 Å². The van der Waals surface area contributed by atoms with E-state index >= 15 is 0 Å². The van der Waals surface area contributed by atoms with E-state index in [2.05, 4.69) is 15.3 Å². The molecule has 0 unspecified atom stereocenters. The van der Waals surface area contributed by atoms with Gasteiger partial charge in [-0.3, -0.25) is 0 Å². The second kappa shape index (κ2) is 6.22. The number of aromatic nitrogens is 2. The Bertz CT molecular complexity index is 624. The molecule has 2 aromatic rings. The minimum absolute atomic E-state index is 0.314. The van der Waals surface area contributed by atoms with Crippen LogP contribution < -0.4 is 5.32 Å². The molecule has 0 amide bonds. The summed E-state index contributed by atoms with van der Waals surface area (Å²) in [7, 11) is 0. The maximum Gasteiger partial charge on any atom is 0.416 e. The fraction of sp³-hybridized carbons (Fsp3) is 0.333. The van der Waals surface area contributed by atoms with Crippen molar-refractivity contribution in [3.05, 3.63) is 47.3 Å². The van der Waals surface area contributed by atoms with Crippen molar-refractivity contribution in [1.82, 2.24) is 15.3 Å². The van der Waals surface area contributed by atoms with Crippen molar-refractivity contribution >= 4 is 0 Å². The standard InChI is InChI=1S/C15H16F3N3/c1-3-19-9-13-7-10(2)20-14(21-13)11-5-4-6-12(8-11)15(16,17)18/h4-8,19H,3,9H2,1-2H3. The van der Waals surface area contributed by atoms with Gasteiger partial charge in [-0.2, -0.15) is 13.2 Å². The van der Waals surface area contributed by atoms with Gasteiger partial charge in [0.25, 0.3) is 0 Å². The maximum atomic E-state index is 12.8. The van der Waals surface area contributed by atoms with Crippen LogP contribution in [0.4, 0.5) is 13.2 Å². The van der Waals surface area contributed by atoms with E-state index in [-0.39, 0.29) is 0 Å². The number of halogens is 3. The first-order chi connectivity index (χ1) is 9.90. The molecule has 0 atom stereocenters. The van der Waals surface area contributed by atoms with E-state index in [4.69, 9.17) is 0 Å². The molecule has 0 aliphatic rings. The van der Waals surface area contributed by atoms with Crippen LogP contribution in [0.2, 0.25) is 0 Å². The number of aryl methyl sites for hydroxylation is 1. The predicted octanol–water partition coefficient (Wildman–Crippen LogP) is 3.58. The third-order valence-corrected chi connectivity index (χ3v) is 2.91. The highest BCUT2D eigenvalue weighted by Crippen LogP contribution is 2.31. The van der Waals surface area contributed by atoms with Crippen LogP contribution in [0.5, 0.6) is 0 Å². The van der Waals surface area contributed by atoms with Crippen molar-refractivity contribution < 1.29 is 13.2 Å². The van der Waals surface area contributed by atoms with Gasteiger partial charge in [-0.25, -0.2) is 9.97 Å². The monoisotopic (exact) mass is 295 g/mol. The number of benzene rings is 1. The zero-order valence-corrected chi connectivity index (χ0v) is 11.8. The second-order valence-electron chi connectivity index (χ2n) is 4.68. The zero-order valence-electron chi connectivity index (χ0n) is 11.8. The molecule has 0 fully saturated rings. The summed E-state index contributed by atoms with van der Waals surface area (Å²) in [6, 6.07) is 6.89. The molecule has 0 bridgehead atoms. The highest BCUT2D eigenvalue weighted by Gasteiger charge is 2.30. The van der Waals surface area contributed by atoms with E-state index < -0.39 is 11.7 Å². The Morgan fingerprint density at radius 1 is 1.14 bits per heavy atom. The number of hydrogen-bond donors (Lipinski definition) is 1. The van der Waals surface area contributed by atoms with Crippen molar-refractivity contribution in [1.29, 1.82) is 0 Å². The third kappa shape index (κ3) is 4.01. The van der Waals surface area contributed by atoms with Crippen LogP contribution in [0.1, 0.15) is 23.9 Å². The van der Waals surface area contributed by atoms with E-state index in [0.29, 0.717) is 17.9 Å². The first kappa shape index (κ1) is 15.4. The van der Waals surface area contributed by atoms with Crippen molar-refractivity contribution in [3.8, 4) is 11.4 Å². The van der Waals surface area contributed by atoms with E-state index in [9.17, 15) is 13.2 Å². The van der Waals surface area contributed by atoms with Crippen LogP contribution in [-0.2, 0) is 12.7 Å². The smallest absolute Gasteiger partial charge is 0.311 e. The lowest BCUT2D eigenvalue weighted by Crippen LogP contribution is -2.14. The average Bonchev–Trinajstić information content (AvgIpc) is 2.44. The van der Waals surface area contributed by atoms with Crippen molar-refractivity contribution in [2.45, 2.75) is 26.6 Å². The summed E-state index contributed by atoms with van der Waals surface area (Å²) in [5.74, 6) is 0.314. The maximum absolute atomic E-state index is 12.8. The highest BCUT2D eigenvalue weighted by atomic mass is 19.4. The molecule has 1 aromatic heterocycles. The van der Waals surface area contributed by atoms with E-state index in [1.807, 2.05) is 13.0 Å². The summed E-state index contributed by atoms with van der Waals surface area (Å²) in [6.45, 7) is 5.13. The van der Waals surface area contributed by atoms with Gasteiger partial charge in [0.15, 0.2) is 5.82 Å². The highest BCUT2D eigenvalue weighted by molar-refractivity contribution is 5.56. The van der Waals surface area contributed by atoms with Crippen molar-refractivity contribution in [2.75, 3.05) is 6.54 Å². The summed E-state index contributed by atoms with van der Waals surface area (Å²) >= 11 is 0. The largest absolute Gasteiger partial charge is 0.416 e. The Balaban J connectivity index is 2.39.